The Balaban J connectivity index is 1.49. The summed E-state index contributed by atoms with van der Waals surface area (Å²) in [6.45, 7) is 1.59. The number of hydrogen-bond acceptors (Lipinski definition) is 5. The predicted molar refractivity (Wildman–Crippen MR) is 118 cm³/mol. The third-order valence-electron chi connectivity index (χ3n) is 5.13. The van der Waals surface area contributed by atoms with Gasteiger partial charge in [-0.15, -0.1) is 0 Å². The van der Waals surface area contributed by atoms with Crippen LogP contribution in [0.5, 0.6) is 11.5 Å². The van der Waals surface area contributed by atoms with Crippen molar-refractivity contribution >= 4 is 29.3 Å². The Bertz CT molecular complexity index is 955. The average molecular weight is 425 g/mol. The molecule has 2 fully saturated rings. The summed E-state index contributed by atoms with van der Waals surface area (Å²) in [6.07, 6.45) is 3.83. The van der Waals surface area contributed by atoms with Crippen LogP contribution in [0.25, 0.3) is 6.08 Å². The fourth-order valence-electron chi connectivity index (χ4n) is 3.57. The van der Waals surface area contributed by atoms with Crippen molar-refractivity contribution in [2.75, 3.05) is 20.3 Å². The maximum absolute atomic E-state index is 12.8. The SMILES string of the molecule is COc1ccc(/C=C2/NC(=S)N(CC3CCCO3)C2=O)cc1COc1ccccc1. The molecule has 0 radical (unpaired) electrons. The molecule has 2 heterocycles. The van der Waals surface area contributed by atoms with Crippen molar-refractivity contribution in [3.05, 3.63) is 65.4 Å². The lowest BCUT2D eigenvalue weighted by Gasteiger charge is -2.18. The molecule has 0 bridgehead atoms. The first-order chi connectivity index (χ1) is 14.6. The zero-order valence-corrected chi connectivity index (χ0v) is 17.6. The molecule has 2 aromatic carbocycles. The van der Waals surface area contributed by atoms with Gasteiger partial charge in [-0.2, -0.15) is 0 Å². The molecular formula is C23H24N2O4S. The van der Waals surface area contributed by atoms with E-state index in [0.717, 1.165) is 42.1 Å². The lowest BCUT2D eigenvalue weighted by molar-refractivity contribution is -0.123. The van der Waals surface area contributed by atoms with Crippen molar-refractivity contribution in [2.24, 2.45) is 0 Å². The molecule has 156 valence electrons. The minimum atomic E-state index is -0.131. The molecule has 1 atom stereocenters. The van der Waals surface area contributed by atoms with E-state index in [2.05, 4.69) is 5.32 Å². The molecule has 30 heavy (non-hydrogen) atoms. The Hall–Kier alpha value is -2.90. The topological polar surface area (TPSA) is 60.0 Å². The van der Waals surface area contributed by atoms with Gasteiger partial charge in [0.15, 0.2) is 5.11 Å². The molecule has 1 N–H and O–H groups in total. The fraction of sp³-hybridized carbons (Fsp3) is 0.304. The van der Waals surface area contributed by atoms with Crippen LogP contribution < -0.4 is 14.8 Å². The van der Waals surface area contributed by atoms with Crippen LogP contribution in [-0.2, 0) is 16.1 Å². The third-order valence-corrected chi connectivity index (χ3v) is 5.45. The van der Waals surface area contributed by atoms with E-state index in [0.29, 0.717) is 24.0 Å². The van der Waals surface area contributed by atoms with Gasteiger partial charge in [-0.1, -0.05) is 24.3 Å². The number of carbonyl (C=O) groups is 1. The Morgan fingerprint density at radius 3 is 2.83 bits per heavy atom. The highest BCUT2D eigenvalue weighted by molar-refractivity contribution is 7.80. The highest BCUT2D eigenvalue weighted by Crippen LogP contribution is 2.25. The van der Waals surface area contributed by atoms with E-state index in [1.807, 2.05) is 48.5 Å². The van der Waals surface area contributed by atoms with Crippen LogP contribution in [0.4, 0.5) is 0 Å². The number of methoxy groups -OCH3 is 1. The molecule has 1 unspecified atom stereocenters. The van der Waals surface area contributed by atoms with E-state index in [-0.39, 0.29) is 12.0 Å². The summed E-state index contributed by atoms with van der Waals surface area (Å²) < 4.78 is 17.0. The maximum atomic E-state index is 12.8. The molecule has 2 aromatic rings. The Morgan fingerprint density at radius 2 is 2.10 bits per heavy atom. The predicted octanol–water partition coefficient (Wildman–Crippen LogP) is 3.51. The van der Waals surface area contributed by atoms with Crippen LogP contribution in [-0.4, -0.2) is 42.3 Å². The van der Waals surface area contributed by atoms with E-state index < -0.39 is 0 Å². The quantitative estimate of drug-likeness (QED) is 0.542. The van der Waals surface area contributed by atoms with Gasteiger partial charge in [0.2, 0.25) is 0 Å². The number of hydrogen-bond donors (Lipinski definition) is 1. The van der Waals surface area contributed by atoms with Gasteiger partial charge in [0.1, 0.15) is 23.8 Å². The van der Waals surface area contributed by atoms with Crippen LogP contribution in [0.1, 0.15) is 24.0 Å². The summed E-state index contributed by atoms with van der Waals surface area (Å²) in [6, 6.07) is 15.3. The number of rotatable bonds is 7. The third kappa shape index (κ3) is 4.63. The number of benzene rings is 2. The molecule has 7 heteroatoms. The smallest absolute Gasteiger partial charge is 0.276 e. The first-order valence-corrected chi connectivity index (χ1v) is 10.4. The first-order valence-electron chi connectivity index (χ1n) is 9.95. The first kappa shape index (κ1) is 20.4. The van der Waals surface area contributed by atoms with Gasteiger partial charge in [-0.3, -0.25) is 9.69 Å². The molecule has 0 saturated carbocycles. The number of thiocarbonyl (C=S) groups is 1. The number of amides is 1. The van der Waals surface area contributed by atoms with E-state index in [9.17, 15) is 4.79 Å². The van der Waals surface area contributed by atoms with Crippen molar-refractivity contribution in [3.8, 4) is 11.5 Å². The lowest BCUT2D eigenvalue weighted by Crippen LogP contribution is -2.37. The Morgan fingerprint density at radius 1 is 1.27 bits per heavy atom. The van der Waals surface area contributed by atoms with Gasteiger partial charge in [-0.05, 0) is 61.0 Å². The number of nitrogens with one attached hydrogen (secondary N) is 1. The van der Waals surface area contributed by atoms with Crippen molar-refractivity contribution in [1.29, 1.82) is 0 Å². The summed E-state index contributed by atoms with van der Waals surface area (Å²) in [7, 11) is 1.63. The Kier molecular flexibility index (Phi) is 6.30. The summed E-state index contributed by atoms with van der Waals surface area (Å²) in [5.74, 6) is 1.38. The summed E-state index contributed by atoms with van der Waals surface area (Å²) in [5, 5.41) is 3.45. The van der Waals surface area contributed by atoms with E-state index in [1.165, 1.54) is 0 Å². The minimum absolute atomic E-state index is 0.0516. The van der Waals surface area contributed by atoms with Crippen LogP contribution >= 0.6 is 12.2 Å². The lowest BCUT2D eigenvalue weighted by atomic mass is 10.1. The zero-order valence-electron chi connectivity index (χ0n) is 16.8. The summed E-state index contributed by atoms with van der Waals surface area (Å²) in [5.41, 5.74) is 2.21. The molecule has 1 amide bonds. The van der Waals surface area contributed by atoms with Gasteiger partial charge in [-0.25, -0.2) is 0 Å². The Labute approximate surface area is 181 Å². The molecule has 4 rings (SSSR count). The maximum Gasteiger partial charge on any atom is 0.276 e. The van der Waals surface area contributed by atoms with Crippen LogP contribution in [0.3, 0.4) is 0 Å². The molecule has 2 aliphatic heterocycles. The van der Waals surface area contributed by atoms with Crippen molar-refractivity contribution in [3.63, 3.8) is 0 Å². The number of nitrogens with zero attached hydrogens (tertiary/aromatic N) is 1. The normalized spacial score (nSPS) is 20.0. The van der Waals surface area contributed by atoms with E-state index in [1.54, 1.807) is 18.1 Å². The molecule has 2 aliphatic rings. The van der Waals surface area contributed by atoms with Gasteiger partial charge >= 0.3 is 0 Å². The van der Waals surface area contributed by atoms with E-state index in [4.69, 9.17) is 26.4 Å². The highest BCUT2D eigenvalue weighted by atomic mass is 32.1. The average Bonchev–Trinajstić information content (AvgIpc) is 3.37. The second-order valence-corrected chi connectivity index (χ2v) is 7.60. The zero-order chi connectivity index (χ0) is 20.9. The molecule has 2 saturated heterocycles. The van der Waals surface area contributed by atoms with Crippen molar-refractivity contribution in [1.82, 2.24) is 10.2 Å². The van der Waals surface area contributed by atoms with Gasteiger partial charge in [0, 0.05) is 12.2 Å². The molecule has 0 aliphatic carbocycles. The second-order valence-electron chi connectivity index (χ2n) is 7.21. The number of para-hydroxylation sites is 1. The van der Waals surface area contributed by atoms with Gasteiger partial charge < -0.3 is 19.5 Å². The standard InChI is InChI=1S/C23H24N2O4S/c1-27-21-10-9-16(12-17(21)15-29-18-6-3-2-4-7-18)13-20-22(26)25(23(30)24-20)14-19-8-5-11-28-19/h2-4,6-7,9-10,12-13,19H,5,8,11,14-15H2,1H3,(H,24,30)/b20-13+. The van der Waals surface area contributed by atoms with E-state index >= 15 is 0 Å². The largest absolute Gasteiger partial charge is 0.496 e. The van der Waals surface area contributed by atoms with Crippen LogP contribution in [0, 0.1) is 0 Å². The van der Waals surface area contributed by atoms with Crippen molar-refractivity contribution < 1.29 is 19.0 Å². The van der Waals surface area contributed by atoms with Crippen LogP contribution in [0.2, 0.25) is 0 Å². The van der Waals surface area contributed by atoms with Crippen molar-refractivity contribution in [2.45, 2.75) is 25.6 Å². The van der Waals surface area contributed by atoms with Crippen LogP contribution in [0.15, 0.2) is 54.2 Å². The molecular weight excluding hydrogens is 400 g/mol. The number of ether oxygens (including phenoxy) is 3. The van der Waals surface area contributed by atoms with Gasteiger partial charge in [0.05, 0.1) is 19.8 Å². The second kappa shape index (κ2) is 9.28. The summed E-state index contributed by atoms with van der Waals surface area (Å²) in [4.78, 5) is 14.4. The molecule has 0 aromatic heterocycles. The summed E-state index contributed by atoms with van der Waals surface area (Å²) >= 11 is 5.36. The minimum Gasteiger partial charge on any atom is -0.496 e. The molecule has 6 nitrogen and oxygen atoms in total. The van der Waals surface area contributed by atoms with Gasteiger partial charge in [0.25, 0.3) is 5.91 Å². The number of carbonyl (C=O) groups excluding carboxylic acids is 1. The highest BCUT2D eigenvalue weighted by Gasteiger charge is 2.33. The fourth-order valence-corrected chi connectivity index (χ4v) is 3.84. The molecule has 0 spiro atoms. The monoisotopic (exact) mass is 424 g/mol.